The van der Waals surface area contributed by atoms with Crippen LogP contribution in [0.25, 0.3) is 21.8 Å². The second kappa shape index (κ2) is 8.60. The molecule has 0 amide bonds. The predicted octanol–water partition coefficient (Wildman–Crippen LogP) is 6.92. The first kappa shape index (κ1) is 20.5. The summed E-state index contributed by atoms with van der Waals surface area (Å²) in [5.41, 5.74) is 3.57. The molecule has 0 saturated heterocycles. The summed E-state index contributed by atoms with van der Waals surface area (Å²) in [6.07, 6.45) is -0.517. The Balaban J connectivity index is 1.51. The van der Waals surface area contributed by atoms with E-state index in [1.807, 2.05) is 85.8 Å². The van der Waals surface area contributed by atoms with Gasteiger partial charge in [-0.1, -0.05) is 82.7 Å². The van der Waals surface area contributed by atoms with Crippen molar-refractivity contribution in [2.75, 3.05) is 0 Å². The van der Waals surface area contributed by atoms with Crippen LogP contribution in [-0.2, 0) is 11.3 Å². The van der Waals surface area contributed by atoms with Gasteiger partial charge in [-0.15, -0.1) is 0 Å². The summed E-state index contributed by atoms with van der Waals surface area (Å²) < 4.78 is 9.09. The first-order chi connectivity index (χ1) is 15.6. The first-order valence-electron chi connectivity index (χ1n) is 10.5. The van der Waals surface area contributed by atoms with Crippen LogP contribution in [0.3, 0.4) is 0 Å². The van der Waals surface area contributed by atoms with Crippen LogP contribution in [0.2, 0.25) is 0 Å². The zero-order valence-electron chi connectivity index (χ0n) is 17.5. The van der Waals surface area contributed by atoms with Crippen LogP contribution in [0, 0.1) is 0 Å². The molecule has 1 unspecified atom stereocenters. The molecule has 0 fully saturated rings. The summed E-state index contributed by atoms with van der Waals surface area (Å²) in [7, 11) is 0. The van der Waals surface area contributed by atoms with Gasteiger partial charge in [0, 0.05) is 4.47 Å². The van der Waals surface area contributed by atoms with Gasteiger partial charge in [-0.25, -0.2) is 9.78 Å². The number of aromatic nitrogens is 2. The summed E-state index contributed by atoms with van der Waals surface area (Å²) in [6, 6.07) is 29.6. The number of esters is 1. The topological polar surface area (TPSA) is 44.1 Å². The van der Waals surface area contributed by atoms with Gasteiger partial charge in [-0.05, 0) is 47.5 Å². The Labute approximate surface area is 194 Å². The summed E-state index contributed by atoms with van der Waals surface area (Å²) in [5.74, 6) is 0.365. The van der Waals surface area contributed by atoms with Gasteiger partial charge in [-0.2, -0.15) is 0 Å². The number of ether oxygens (including phenoxy) is 1. The van der Waals surface area contributed by atoms with Gasteiger partial charge in [0.25, 0.3) is 0 Å². The lowest BCUT2D eigenvalue weighted by atomic mass is 10.0. The number of hydrogen-bond acceptors (Lipinski definition) is 3. The number of fused-ring (bicyclic) bond motifs is 2. The van der Waals surface area contributed by atoms with E-state index in [1.54, 1.807) is 6.07 Å². The highest BCUT2D eigenvalue weighted by Gasteiger charge is 2.22. The number of benzene rings is 4. The minimum Gasteiger partial charge on any atom is -0.451 e. The molecule has 32 heavy (non-hydrogen) atoms. The third-order valence-electron chi connectivity index (χ3n) is 5.63. The van der Waals surface area contributed by atoms with E-state index in [4.69, 9.17) is 9.72 Å². The fraction of sp³-hybridized carbons (Fsp3) is 0.111. The zero-order chi connectivity index (χ0) is 22.1. The van der Waals surface area contributed by atoms with Crippen molar-refractivity contribution in [1.82, 2.24) is 9.55 Å². The molecular weight excluding hydrogens is 464 g/mol. The SMILES string of the molecule is CC(OC(=O)c1cccc2ccccc12)c1nc2ccccc2n1Cc1ccccc1Br. The monoisotopic (exact) mass is 484 g/mol. The molecule has 4 aromatic carbocycles. The predicted molar refractivity (Wildman–Crippen MR) is 131 cm³/mol. The van der Waals surface area contributed by atoms with Gasteiger partial charge in [0.1, 0.15) is 0 Å². The minimum absolute atomic E-state index is 0.353. The lowest BCUT2D eigenvalue weighted by molar-refractivity contribution is 0.0316. The summed E-state index contributed by atoms with van der Waals surface area (Å²) >= 11 is 3.64. The van der Waals surface area contributed by atoms with Crippen LogP contribution < -0.4 is 0 Å². The van der Waals surface area contributed by atoms with Gasteiger partial charge in [0.15, 0.2) is 11.9 Å². The number of imidazole rings is 1. The van der Waals surface area contributed by atoms with Crippen LogP contribution in [0.1, 0.15) is 34.8 Å². The molecule has 4 nitrogen and oxygen atoms in total. The third-order valence-corrected chi connectivity index (χ3v) is 6.40. The molecular formula is C27H21BrN2O2. The molecule has 1 heterocycles. The van der Waals surface area contributed by atoms with E-state index in [9.17, 15) is 4.79 Å². The zero-order valence-corrected chi connectivity index (χ0v) is 19.1. The number of nitrogens with zero attached hydrogens (tertiary/aromatic N) is 2. The molecule has 1 aromatic heterocycles. The van der Waals surface area contributed by atoms with E-state index < -0.39 is 6.10 Å². The third kappa shape index (κ3) is 3.80. The average molecular weight is 485 g/mol. The van der Waals surface area contributed by atoms with Crippen molar-refractivity contribution in [2.45, 2.75) is 19.6 Å². The Morgan fingerprint density at radius 2 is 1.66 bits per heavy atom. The van der Waals surface area contributed by atoms with Crippen LogP contribution in [0.5, 0.6) is 0 Å². The van der Waals surface area contributed by atoms with Gasteiger partial charge >= 0.3 is 5.97 Å². The quantitative estimate of drug-likeness (QED) is 0.254. The first-order valence-corrected chi connectivity index (χ1v) is 11.3. The average Bonchev–Trinajstić information content (AvgIpc) is 3.19. The maximum atomic E-state index is 13.1. The van der Waals surface area contributed by atoms with Gasteiger partial charge < -0.3 is 9.30 Å². The number of carbonyl (C=O) groups excluding carboxylic acids is 1. The van der Waals surface area contributed by atoms with Crippen LogP contribution in [-0.4, -0.2) is 15.5 Å². The Bertz CT molecular complexity index is 1440. The maximum absolute atomic E-state index is 13.1. The molecule has 0 N–H and O–H groups in total. The van der Waals surface area contributed by atoms with Crippen molar-refractivity contribution < 1.29 is 9.53 Å². The molecule has 0 aliphatic heterocycles. The van der Waals surface area contributed by atoms with Gasteiger partial charge in [0.05, 0.1) is 23.1 Å². The summed E-state index contributed by atoms with van der Waals surface area (Å²) in [5, 5.41) is 1.89. The Morgan fingerprint density at radius 1 is 0.938 bits per heavy atom. The fourth-order valence-electron chi connectivity index (χ4n) is 4.05. The highest BCUT2D eigenvalue weighted by Crippen LogP contribution is 2.28. The van der Waals surface area contributed by atoms with E-state index in [0.717, 1.165) is 37.7 Å². The minimum atomic E-state index is -0.517. The molecule has 5 rings (SSSR count). The lowest BCUT2D eigenvalue weighted by Crippen LogP contribution is -2.15. The van der Waals surface area contributed by atoms with Crippen LogP contribution >= 0.6 is 15.9 Å². The number of halogens is 1. The standard InChI is InChI=1S/C27H21BrN2O2/c1-18(32-27(31)22-13-8-11-19-9-2-4-12-21(19)22)26-29-24-15-6-7-16-25(24)30(26)17-20-10-3-5-14-23(20)28/h2-16,18H,17H2,1H3. The molecule has 0 bridgehead atoms. The second-order valence-corrected chi connectivity index (χ2v) is 8.56. The van der Waals surface area contributed by atoms with Crippen molar-refractivity contribution in [3.05, 3.63) is 112 Å². The molecule has 0 spiro atoms. The normalized spacial score (nSPS) is 12.2. The van der Waals surface area contributed by atoms with E-state index in [2.05, 4.69) is 26.6 Å². The van der Waals surface area contributed by atoms with Crippen LogP contribution in [0.15, 0.2) is 95.5 Å². The summed E-state index contributed by atoms with van der Waals surface area (Å²) in [4.78, 5) is 17.9. The molecule has 0 aliphatic carbocycles. The largest absolute Gasteiger partial charge is 0.451 e. The Morgan fingerprint density at radius 3 is 2.53 bits per heavy atom. The van der Waals surface area contributed by atoms with Crippen molar-refractivity contribution >= 4 is 43.7 Å². The van der Waals surface area contributed by atoms with E-state index in [0.29, 0.717) is 12.1 Å². The highest BCUT2D eigenvalue weighted by atomic mass is 79.9. The highest BCUT2D eigenvalue weighted by molar-refractivity contribution is 9.10. The van der Waals surface area contributed by atoms with E-state index in [1.165, 1.54) is 0 Å². The maximum Gasteiger partial charge on any atom is 0.339 e. The second-order valence-electron chi connectivity index (χ2n) is 7.71. The number of hydrogen-bond donors (Lipinski definition) is 0. The van der Waals surface area contributed by atoms with Crippen molar-refractivity contribution in [2.24, 2.45) is 0 Å². The van der Waals surface area contributed by atoms with Gasteiger partial charge in [0.2, 0.25) is 0 Å². The molecule has 0 aliphatic rings. The molecule has 5 heteroatoms. The van der Waals surface area contributed by atoms with Crippen LogP contribution in [0.4, 0.5) is 0 Å². The van der Waals surface area contributed by atoms with Gasteiger partial charge in [-0.3, -0.25) is 0 Å². The molecule has 5 aromatic rings. The summed E-state index contributed by atoms with van der Waals surface area (Å²) in [6.45, 7) is 2.49. The fourth-order valence-corrected chi connectivity index (χ4v) is 4.46. The molecule has 1 atom stereocenters. The van der Waals surface area contributed by atoms with E-state index in [-0.39, 0.29) is 5.97 Å². The van der Waals surface area contributed by atoms with Crippen molar-refractivity contribution in [1.29, 1.82) is 0 Å². The number of rotatable bonds is 5. The Kier molecular flexibility index (Phi) is 5.50. The molecule has 158 valence electrons. The molecule has 0 saturated carbocycles. The molecule has 0 radical (unpaired) electrons. The van der Waals surface area contributed by atoms with Crippen molar-refractivity contribution in [3.8, 4) is 0 Å². The number of para-hydroxylation sites is 2. The smallest absolute Gasteiger partial charge is 0.339 e. The van der Waals surface area contributed by atoms with E-state index >= 15 is 0 Å². The Hall–Kier alpha value is -3.44. The lowest BCUT2D eigenvalue weighted by Gasteiger charge is -2.17. The van der Waals surface area contributed by atoms with Crippen molar-refractivity contribution in [3.63, 3.8) is 0 Å². The number of carbonyl (C=O) groups is 1.